The Kier molecular flexibility index (Phi) is 3.91. The van der Waals surface area contributed by atoms with E-state index >= 15 is 0 Å². The number of pyridine rings is 1. The van der Waals surface area contributed by atoms with Gasteiger partial charge in [-0.25, -0.2) is 0 Å². The monoisotopic (exact) mass is 233 g/mol. The van der Waals surface area contributed by atoms with Crippen LogP contribution in [-0.4, -0.2) is 17.8 Å². The Morgan fingerprint density at radius 2 is 2.00 bits per heavy atom. The van der Waals surface area contributed by atoms with E-state index in [1.54, 1.807) is 38.2 Å². The summed E-state index contributed by atoms with van der Waals surface area (Å²) in [6.45, 7) is 2.13. The highest BCUT2D eigenvalue weighted by Crippen LogP contribution is 2.29. The van der Waals surface area contributed by atoms with Gasteiger partial charge in [0.15, 0.2) is 0 Å². The van der Waals surface area contributed by atoms with Crippen molar-refractivity contribution in [3.63, 3.8) is 0 Å². The Labute approximate surface area is 92.5 Å². The molecule has 1 unspecified atom stereocenters. The summed E-state index contributed by atoms with van der Waals surface area (Å²) in [6, 6.07) is 5.11. The van der Waals surface area contributed by atoms with E-state index in [4.69, 9.17) is 4.74 Å². The van der Waals surface area contributed by atoms with Gasteiger partial charge in [0.25, 0.3) is 0 Å². The zero-order valence-corrected chi connectivity index (χ0v) is 9.21. The standard InChI is InChI=1S/C11H14F3NO/c1-3-10(2,16-8-11(12,13)14)9-6-4-5-7-15-9/h4-7H,3,8H2,1-2H3. The van der Waals surface area contributed by atoms with Crippen LogP contribution >= 0.6 is 0 Å². The summed E-state index contributed by atoms with van der Waals surface area (Å²) in [5.41, 5.74) is -0.474. The molecule has 5 heteroatoms. The van der Waals surface area contributed by atoms with Crippen molar-refractivity contribution < 1.29 is 17.9 Å². The van der Waals surface area contributed by atoms with Crippen LogP contribution in [0.5, 0.6) is 0 Å². The highest BCUT2D eigenvalue weighted by atomic mass is 19.4. The van der Waals surface area contributed by atoms with Crippen molar-refractivity contribution in [2.75, 3.05) is 6.61 Å². The van der Waals surface area contributed by atoms with Gasteiger partial charge in [0.2, 0.25) is 0 Å². The van der Waals surface area contributed by atoms with Gasteiger partial charge in [-0.15, -0.1) is 0 Å². The molecule has 1 aromatic rings. The van der Waals surface area contributed by atoms with E-state index in [-0.39, 0.29) is 0 Å². The smallest absolute Gasteiger partial charge is 0.360 e. The van der Waals surface area contributed by atoms with Gasteiger partial charge in [-0.2, -0.15) is 13.2 Å². The van der Waals surface area contributed by atoms with Crippen molar-refractivity contribution >= 4 is 0 Å². The fraction of sp³-hybridized carbons (Fsp3) is 0.545. The van der Waals surface area contributed by atoms with E-state index in [2.05, 4.69) is 4.98 Å². The predicted octanol–water partition coefficient (Wildman–Crippen LogP) is 3.29. The first-order valence-corrected chi connectivity index (χ1v) is 4.99. The van der Waals surface area contributed by atoms with Gasteiger partial charge in [0.1, 0.15) is 12.2 Å². The van der Waals surface area contributed by atoms with E-state index in [0.717, 1.165) is 0 Å². The van der Waals surface area contributed by atoms with Gasteiger partial charge < -0.3 is 4.74 Å². The van der Waals surface area contributed by atoms with Crippen LogP contribution in [0.4, 0.5) is 13.2 Å². The minimum Gasteiger partial charge on any atom is -0.360 e. The molecule has 0 N–H and O–H groups in total. The molecule has 1 rings (SSSR count). The largest absolute Gasteiger partial charge is 0.411 e. The lowest BCUT2D eigenvalue weighted by Gasteiger charge is -2.28. The topological polar surface area (TPSA) is 22.1 Å². The summed E-state index contributed by atoms with van der Waals surface area (Å²) in [6.07, 6.45) is -2.34. The second kappa shape index (κ2) is 4.82. The zero-order valence-electron chi connectivity index (χ0n) is 9.21. The Balaban J connectivity index is 2.79. The molecule has 0 aliphatic rings. The van der Waals surface area contributed by atoms with Crippen LogP contribution in [-0.2, 0) is 10.3 Å². The lowest BCUT2D eigenvalue weighted by atomic mass is 9.98. The minimum absolute atomic E-state index is 0.431. The molecule has 1 heterocycles. The third-order valence-corrected chi connectivity index (χ3v) is 2.44. The van der Waals surface area contributed by atoms with Gasteiger partial charge in [-0.05, 0) is 25.5 Å². The molecule has 0 spiro atoms. The SMILES string of the molecule is CCC(C)(OCC(F)(F)F)c1ccccn1. The average Bonchev–Trinajstić information content (AvgIpc) is 2.26. The first kappa shape index (κ1) is 13.0. The van der Waals surface area contributed by atoms with E-state index in [1.807, 2.05) is 0 Å². The van der Waals surface area contributed by atoms with E-state index < -0.39 is 18.4 Å². The van der Waals surface area contributed by atoms with Crippen molar-refractivity contribution in [1.82, 2.24) is 4.98 Å². The van der Waals surface area contributed by atoms with Crippen molar-refractivity contribution in [2.45, 2.75) is 32.0 Å². The van der Waals surface area contributed by atoms with Crippen LogP contribution in [0.15, 0.2) is 24.4 Å². The van der Waals surface area contributed by atoms with Crippen LogP contribution in [0.25, 0.3) is 0 Å². The lowest BCUT2D eigenvalue weighted by Crippen LogP contribution is -2.31. The third kappa shape index (κ3) is 3.48. The summed E-state index contributed by atoms with van der Waals surface area (Å²) >= 11 is 0. The number of halogens is 3. The number of alkyl halides is 3. The van der Waals surface area contributed by atoms with Crippen LogP contribution < -0.4 is 0 Å². The molecule has 0 saturated carbocycles. The van der Waals surface area contributed by atoms with Gasteiger partial charge in [-0.1, -0.05) is 13.0 Å². The number of ether oxygens (including phenoxy) is 1. The number of rotatable bonds is 4. The van der Waals surface area contributed by atoms with E-state index in [9.17, 15) is 13.2 Å². The summed E-state index contributed by atoms with van der Waals surface area (Å²) in [5.74, 6) is 0. The van der Waals surface area contributed by atoms with Crippen molar-refractivity contribution in [3.05, 3.63) is 30.1 Å². The highest BCUT2D eigenvalue weighted by molar-refractivity contribution is 5.11. The Hall–Kier alpha value is -1.10. The second-order valence-corrected chi connectivity index (χ2v) is 3.70. The van der Waals surface area contributed by atoms with Crippen LogP contribution in [0, 0.1) is 0 Å². The van der Waals surface area contributed by atoms with Crippen LogP contribution in [0.2, 0.25) is 0 Å². The van der Waals surface area contributed by atoms with E-state index in [0.29, 0.717) is 12.1 Å². The molecule has 0 saturated heterocycles. The first-order valence-electron chi connectivity index (χ1n) is 4.99. The van der Waals surface area contributed by atoms with Gasteiger partial charge in [-0.3, -0.25) is 4.98 Å². The predicted molar refractivity (Wildman–Crippen MR) is 53.9 cm³/mol. The molecule has 0 aromatic carbocycles. The van der Waals surface area contributed by atoms with Crippen molar-refractivity contribution in [1.29, 1.82) is 0 Å². The van der Waals surface area contributed by atoms with Gasteiger partial charge in [0, 0.05) is 6.20 Å². The second-order valence-electron chi connectivity index (χ2n) is 3.70. The minimum atomic E-state index is -4.31. The zero-order chi connectivity index (χ0) is 12.2. The summed E-state index contributed by atoms with van der Waals surface area (Å²) in [4.78, 5) is 4.03. The summed E-state index contributed by atoms with van der Waals surface area (Å²) < 4.78 is 41.2. The fourth-order valence-corrected chi connectivity index (χ4v) is 1.27. The molecule has 1 aromatic heterocycles. The average molecular weight is 233 g/mol. The normalized spacial score (nSPS) is 15.8. The third-order valence-electron chi connectivity index (χ3n) is 2.44. The Morgan fingerprint density at radius 1 is 1.31 bits per heavy atom. The molecular formula is C11H14F3NO. The number of aromatic nitrogens is 1. The maximum atomic E-state index is 12.1. The molecule has 0 amide bonds. The molecule has 0 bridgehead atoms. The van der Waals surface area contributed by atoms with Gasteiger partial charge >= 0.3 is 6.18 Å². The molecule has 1 atom stereocenters. The first-order chi connectivity index (χ1) is 7.37. The maximum Gasteiger partial charge on any atom is 0.411 e. The number of hydrogen-bond acceptors (Lipinski definition) is 2. The maximum absolute atomic E-state index is 12.1. The summed E-state index contributed by atoms with van der Waals surface area (Å²) in [5, 5.41) is 0. The molecule has 0 fully saturated rings. The number of hydrogen-bond donors (Lipinski definition) is 0. The highest BCUT2D eigenvalue weighted by Gasteiger charge is 2.34. The molecular weight excluding hydrogens is 219 g/mol. The van der Waals surface area contributed by atoms with Crippen molar-refractivity contribution in [3.8, 4) is 0 Å². The van der Waals surface area contributed by atoms with Crippen molar-refractivity contribution in [2.24, 2.45) is 0 Å². The molecule has 0 radical (unpaired) electrons. The summed E-state index contributed by atoms with van der Waals surface area (Å²) in [7, 11) is 0. The van der Waals surface area contributed by atoms with E-state index in [1.165, 1.54) is 0 Å². The van der Waals surface area contributed by atoms with Crippen LogP contribution in [0.3, 0.4) is 0 Å². The molecule has 90 valence electrons. The quantitative estimate of drug-likeness (QED) is 0.796. The Bertz CT molecular complexity index is 326. The Morgan fingerprint density at radius 3 is 2.44 bits per heavy atom. The number of nitrogens with zero attached hydrogens (tertiary/aromatic N) is 1. The lowest BCUT2D eigenvalue weighted by molar-refractivity contribution is -0.206. The van der Waals surface area contributed by atoms with Crippen LogP contribution in [0.1, 0.15) is 26.0 Å². The van der Waals surface area contributed by atoms with Gasteiger partial charge in [0.05, 0.1) is 5.69 Å². The molecule has 0 aliphatic heterocycles. The molecule has 2 nitrogen and oxygen atoms in total. The molecule has 16 heavy (non-hydrogen) atoms. The molecule has 0 aliphatic carbocycles. The fourth-order valence-electron chi connectivity index (χ4n) is 1.27.